The Hall–Kier alpha value is -2.93. The lowest BCUT2D eigenvalue weighted by Gasteiger charge is -2.14. The zero-order valence-corrected chi connectivity index (χ0v) is 16.0. The molecule has 0 amide bonds. The predicted molar refractivity (Wildman–Crippen MR) is 106 cm³/mol. The van der Waals surface area contributed by atoms with E-state index in [0.717, 1.165) is 11.1 Å². The predicted octanol–water partition coefficient (Wildman–Crippen LogP) is 3.87. The molecule has 0 atom stereocenters. The van der Waals surface area contributed by atoms with E-state index in [1.807, 2.05) is 49.4 Å². The Bertz CT molecular complexity index is 840. The van der Waals surface area contributed by atoms with Crippen LogP contribution in [0.15, 0.2) is 59.9 Å². The van der Waals surface area contributed by atoms with E-state index in [2.05, 4.69) is 20.3 Å². The van der Waals surface area contributed by atoms with Crippen LogP contribution in [0.5, 0.6) is 0 Å². The molecule has 0 aliphatic carbocycles. The number of hydrogen-bond acceptors (Lipinski definition) is 7. The van der Waals surface area contributed by atoms with Gasteiger partial charge in [-0.2, -0.15) is 0 Å². The summed E-state index contributed by atoms with van der Waals surface area (Å²) in [5.41, 5.74) is 2.55. The molecule has 0 spiro atoms. The fraction of sp³-hybridized carbons (Fsp3) is 0.200. The number of carbonyl (C=O) groups is 1. The van der Waals surface area contributed by atoms with Crippen molar-refractivity contribution in [3.63, 3.8) is 0 Å². The van der Waals surface area contributed by atoms with Crippen molar-refractivity contribution in [2.75, 3.05) is 12.4 Å². The molecule has 0 radical (unpaired) electrons. The quantitative estimate of drug-likeness (QED) is 0.379. The van der Waals surface area contributed by atoms with Gasteiger partial charge in [-0.1, -0.05) is 30.3 Å². The van der Waals surface area contributed by atoms with Crippen molar-refractivity contribution in [3.05, 3.63) is 77.4 Å². The van der Waals surface area contributed by atoms with E-state index >= 15 is 0 Å². The highest BCUT2D eigenvalue weighted by molar-refractivity contribution is 7.98. The van der Waals surface area contributed by atoms with Crippen molar-refractivity contribution < 1.29 is 9.53 Å². The number of nitrogens with one attached hydrogen (secondary N) is 1. The minimum Gasteiger partial charge on any atom is -0.465 e. The molecule has 1 N–H and O–H groups in total. The lowest BCUT2D eigenvalue weighted by molar-refractivity contribution is 0.0596. The van der Waals surface area contributed by atoms with Gasteiger partial charge in [-0.15, -0.1) is 11.8 Å². The SMILES string of the molecule is COC(=O)c1c(NCc2ccncc2)nc(C)nc1SCc1ccccc1. The van der Waals surface area contributed by atoms with Gasteiger partial charge in [0.2, 0.25) is 0 Å². The second kappa shape index (κ2) is 9.14. The summed E-state index contributed by atoms with van der Waals surface area (Å²) in [5.74, 6) is 1.31. The standard InChI is InChI=1S/C20H20N4O2S/c1-14-23-18(22-12-15-8-10-21-11-9-15)17(20(25)26-2)19(24-14)27-13-16-6-4-3-5-7-16/h3-11H,12-13H2,1-2H3,(H,22,23,24). The van der Waals surface area contributed by atoms with Crippen LogP contribution in [-0.4, -0.2) is 28.0 Å². The Balaban J connectivity index is 1.87. The highest BCUT2D eigenvalue weighted by Crippen LogP contribution is 2.29. The molecular weight excluding hydrogens is 360 g/mol. The number of aromatic nitrogens is 3. The van der Waals surface area contributed by atoms with Gasteiger partial charge in [-0.25, -0.2) is 14.8 Å². The number of rotatable bonds is 7. The molecule has 2 aromatic heterocycles. The third kappa shape index (κ3) is 5.04. The summed E-state index contributed by atoms with van der Waals surface area (Å²) in [5, 5.41) is 3.84. The molecule has 0 aliphatic heterocycles. The van der Waals surface area contributed by atoms with Gasteiger partial charge in [-0.05, 0) is 30.2 Å². The fourth-order valence-corrected chi connectivity index (χ4v) is 3.49. The Kier molecular flexibility index (Phi) is 6.38. The van der Waals surface area contributed by atoms with Crippen LogP contribution in [0.4, 0.5) is 5.82 Å². The topological polar surface area (TPSA) is 77.0 Å². The summed E-state index contributed by atoms with van der Waals surface area (Å²) in [6, 6.07) is 13.9. The van der Waals surface area contributed by atoms with E-state index < -0.39 is 5.97 Å². The number of thioether (sulfide) groups is 1. The molecule has 0 fully saturated rings. The maximum absolute atomic E-state index is 12.4. The maximum Gasteiger partial charge on any atom is 0.344 e. The molecule has 1 aromatic carbocycles. The van der Waals surface area contributed by atoms with E-state index in [4.69, 9.17) is 4.74 Å². The van der Waals surface area contributed by atoms with Gasteiger partial charge < -0.3 is 10.1 Å². The summed E-state index contributed by atoms with van der Waals surface area (Å²) in [6.45, 7) is 2.33. The lowest BCUT2D eigenvalue weighted by atomic mass is 10.2. The molecular formula is C20H20N4O2S. The van der Waals surface area contributed by atoms with E-state index in [-0.39, 0.29) is 0 Å². The third-order valence-corrected chi connectivity index (χ3v) is 4.85. The van der Waals surface area contributed by atoms with Crippen LogP contribution in [0.2, 0.25) is 0 Å². The number of nitrogens with zero attached hydrogens (tertiary/aromatic N) is 3. The number of anilines is 1. The molecule has 138 valence electrons. The molecule has 7 heteroatoms. The smallest absolute Gasteiger partial charge is 0.344 e. The molecule has 0 bridgehead atoms. The van der Waals surface area contributed by atoms with Crippen LogP contribution in [0.25, 0.3) is 0 Å². The lowest BCUT2D eigenvalue weighted by Crippen LogP contribution is -2.14. The second-order valence-electron chi connectivity index (χ2n) is 5.77. The molecule has 0 saturated heterocycles. The molecule has 3 aromatic rings. The number of aryl methyl sites for hydroxylation is 1. The molecule has 27 heavy (non-hydrogen) atoms. The molecule has 6 nitrogen and oxygen atoms in total. The van der Waals surface area contributed by atoms with Gasteiger partial charge in [0.05, 0.1) is 7.11 Å². The number of ether oxygens (including phenoxy) is 1. The zero-order valence-electron chi connectivity index (χ0n) is 15.2. The highest BCUT2D eigenvalue weighted by Gasteiger charge is 2.21. The summed E-state index contributed by atoms with van der Waals surface area (Å²) >= 11 is 1.49. The first-order valence-corrected chi connectivity index (χ1v) is 9.42. The summed E-state index contributed by atoms with van der Waals surface area (Å²) in [7, 11) is 1.36. The average molecular weight is 380 g/mol. The number of methoxy groups -OCH3 is 1. The van der Waals surface area contributed by atoms with Gasteiger partial charge in [0.15, 0.2) is 0 Å². The molecule has 0 unspecified atom stereocenters. The number of carbonyl (C=O) groups excluding carboxylic acids is 1. The minimum atomic E-state index is -0.456. The number of benzene rings is 1. The van der Waals surface area contributed by atoms with Gasteiger partial charge in [-0.3, -0.25) is 4.98 Å². The van der Waals surface area contributed by atoms with E-state index in [1.165, 1.54) is 18.9 Å². The summed E-state index contributed by atoms with van der Waals surface area (Å²) in [6.07, 6.45) is 3.45. The number of esters is 1. The molecule has 0 saturated carbocycles. The fourth-order valence-electron chi connectivity index (χ4n) is 2.48. The monoisotopic (exact) mass is 380 g/mol. The third-order valence-electron chi connectivity index (χ3n) is 3.80. The molecule has 2 heterocycles. The van der Waals surface area contributed by atoms with Crippen molar-refractivity contribution in [2.24, 2.45) is 0 Å². The van der Waals surface area contributed by atoms with Gasteiger partial charge in [0.1, 0.15) is 22.2 Å². The Morgan fingerprint density at radius 2 is 1.81 bits per heavy atom. The number of hydrogen-bond donors (Lipinski definition) is 1. The maximum atomic E-state index is 12.4. The van der Waals surface area contributed by atoms with Crippen LogP contribution in [0.3, 0.4) is 0 Å². The van der Waals surface area contributed by atoms with Crippen molar-refractivity contribution >= 4 is 23.5 Å². The van der Waals surface area contributed by atoms with Crippen molar-refractivity contribution in [1.29, 1.82) is 0 Å². The average Bonchev–Trinajstić information content (AvgIpc) is 2.71. The first-order valence-electron chi connectivity index (χ1n) is 8.44. The second-order valence-corrected chi connectivity index (χ2v) is 6.74. The van der Waals surface area contributed by atoms with Gasteiger partial charge >= 0.3 is 5.97 Å². The van der Waals surface area contributed by atoms with Crippen molar-refractivity contribution in [1.82, 2.24) is 15.0 Å². The summed E-state index contributed by atoms with van der Waals surface area (Å²) in [4.78, 5) is 25.3. The minimum absolute atomic E-state index is 0.359. The van der Waals surface area contributed by atoms with E-state index in [9.17, 15) is 4.79 Å². The Labute approximate surface area is 162 Å². The first kappa shape index (κ1) is 18.8. The summed E-state index contributed by atoms with van der Waals surface area (Å²) < 4.78 is 4.98. The van der Waals surface area contributed by atoms with Crippen molar-refractivity contribution in [2.45, 2.75) is 24.2 Å². The Morgan fingerprint density at radius 3 is 2.52 bits per heavy atom. The van der Waals surface area contributed by atoms with Gasteiger partial charge in [0.25, 0.3) is 0 Å². The first-order chi connectivity index (χ1) is 13.2. The normalized spacial score (nSPS) is 10.4. The van der Waals surface area contributed by atoms with Crippen LogP contribution in [0, 0.1) is 6.92 Å². The zero-order chi connectivity index (χ0) is 19.1. The number of pyridine rings is 1. The molecule has 0 aliphatic rings. The van der Waals surface area contributed by atoms with Crippen molar-refractivity contribution in [3.8, 4) is 0 Å². The van der Waals surface area contributed by atoms with Crippen LogP contribution in [0.1, 0.15) is 27.3 Å². The van der Waals surface area contributed by atoms with Crippen LogP contribution in [-0.2, 0) is 17.0 Å². The molecule has 3 rings (SSSR count). The van der Waals surface area contributed by atoms with E-state index in [0.29, 0.717) is 34.5 Å². The van der Waals surface area contributed by atoms with Gasteiger partial charge in [0, 0.05) is 24.7 Å². The van der Waals surface area contributed by atoms with E-state index in [1.54, 1.807) is 12.4 Å². The van der Waals surface area contributed by atoms with Crippen LogP contribution < -0.4 is 5.32 Å². The highest BCUT2D eigenvalue weighted by atomic mass is 32.2. The largest absolute Gasteiger partial charge is 0.465 e. The Morgan fingerprint density at radius 1 is 1.07 bits per heavy atom. The van der Waals surface area contributed by atoms with Crippen LogP contribution >= 0.6 is 11.8 Å².